The van der Waals surface area contributed by atoms with Crippen molar-refractivity contribution in [3.05, 3.63) is 59.7 Å². The molecule has 2 fully saturated rings. The minimum atomic E-state index is -1.08. The average molecular weight is 469 g/mol. The molecular formula is C27H36N2O5. The van der Waals surface area contributed by atoms with Crippen molar-refractivity contribution in [1.29, 1.82) is 0 Å². The summed E-state index contributed by atoms with van der Waals surface area (Å²) in [5, 5.41) is 11.2. The Balaban J connectivity index is 1.27. The van der Waals surface area contributed by atoms with E-state index in [1.165, 1.54) is 0 Å². The van der Waals surface area contributed by atoms with E-state index in [9.17, 15) is 9.90 Å². The number of likely N-dealkylation sites (tertiary alicyclic amines) is 1. The molecule has 7 heteroatoms. The third kappa shape index (κ3) is 7.19. The highest BCUT2D eigenvalue weighted by atomic mass is 16.5. The van der Waals surface area contributed by atoms with Crippen LogP contribution in [0.25, 0.3) is 0 Å². The normalized spacial score (nSPS) is 21.5. The summed E-state index contributed by atoms with van der Waals surface area (Å²) in [5.41, 5.74) is 1.16. The number of hydrogen-bond acceptors (Lipinski definition) is 6. The van der Waals surface area contributed by atoms with E-state index in [0.29, 0.717) is 32.7 Å². The zero-order chi connectivity index (χ0) is 23.8. The predicted molar refractivity (Wildman–Crippen MR) is 130 cm³/mol. The largest absolute Gasteiger partial charge is 0.494 e. The van der Waals surface area contributed by atoms with Crippen LogP contribution in [0.3, 0.4) is 0 Å². The van der Waals surface area contributed by atoms with E-state index in [-0.39, 0.29) is 19.1 Å². The van der Waals surface area contributed by atoms with Crippen LogP contribution in [0.1, 0.15) is 30.4 Å². The lowest BCUT2D eigenvalue weighted by Gasteiger charge is -2.30. The second kappa shape index (κ2) is 11.7. The molecule has 0 saturated carbocycles. The maximum absolute atomic E-state index is 11.7. The molecule has 0 radical (unpaired) electrons. The molecule has 1 amide bonds. The van der Waals surface area contributed by atoms with Gasteiger partial charge in [0.1, 0.15) is 23.7 Å². The molecule has 2 aromatic carbocycles. The monoisotopic (exact) mass is 468 g/mol. The molecule has 184 valence electrons. The van der Waals surface area contributed by atoms with E-state index >= 15 is 0 Å². The number of β-amino-alcohol motifs (C(OH)–C–C–N with tert-alkyl or cyclic N) is 1. The summed E-state index contributed by atoms with van der Waals surface area (Å²) in [6.07, 6.45) is 2.47. The van der Waals surface area contributed by atoms with Crippen LogP contribution in [0.4, 0.5) is 0 Å². The molecule has 0 spiro atoms. The van der Waals surface area contributed by atoms with Gasteiger partial charge in [-0.05, 0) is 55.2 Å². The van der Waals surface area contributed by atoms with Crippen molar-refractivity contribution in [2.24, 2.45) is 0 Å². The molecule has 7 nitrogen and oxygen atoms in total. The summed E-state index contributed by atoms with van der Waals surface area (Å²) in [5.74, 6) is 1.84. The Kier molecular flexibility index (Phi) is 8.43. The smallest absolute Gasteiger partial charge is 0.222 e. The lowest BCUT2D eigenvalue weighted by molar-refractivity contribution is -0.127. The molecular weight excluding hydrogens is 432 g/mol. The van der Waals surface area contributed by atoms with E-state index in [1.807, 2.05) is 48.2 Å². The molecule has 1 atom stereocenters. The molecule has 2 heterocycles. The third-order valence-electron chi connectivity index (χ3n) is 6.25. The maximum Gasteiger partial charge on any atom is 0.222 e. The van der Waals surface area contributed by atoms with Gasteiger partial charge in [-0.15, -0.1) is 0 Å². The van der Waals surface area contributed by atoms with Crippen molar-refractivity contribution < 1.29 is 24.1 Å². The van der Waals surface area contributed by atoms with Gasteiger partial charge in [0.2, 0.25) is 5.91 Å². The van der Waals surface area contributed by atoms with Crippen molar-refractivity contribution in [1.82, 2.24) is 9.80 Å². The summed E-state index contributed by atoms with van der Waals surface area (Å²) < 4.78 is 17.5. The molecule has 2 aliphatic heterocycles. The van der Waals surface area contributed by atoms with Crippen LogP contribution in [-0.2, 0) is 16.1 Å². The Morgan fingerprint density at radius 2 is 1.91 bits per heavy atom. The van der Waals surface area contributed by atoms with Crippen LogP contribution in [0.5, 0.6) is 11.5 Å². The Hall–Kier alpha value is -2.61. The summed E-state index contributed by atoms with van der Waals surface area (Å²) in [4.78, 5) is 15.8. The number of aliphatic hydroxyl groups is 1. The first-order chi connectivity index (χ1) is 16.5. The van der Waals surface area contributed by atoms with Gasteiger partial charge in [0, 0.05) is 39.1 Å². The van der Waals surface area contributed by atoms with E-state index in [4.69, 9.17) is 14.2 Å². The predicted octanol–water partition coefficient (Wildman–Crippen LogP) is 3.03. The number of carbonyl (C=O) groups is 1. The van der Waals surface area contributed by atoms with Gasteiger partial charge < -0.3 is 24.2 Å². The lowest BCUT2D eigenvalue weighted by Crippen LogP contribution is -2.48. The minimum Gasteiger partial charge on any atom is -0.494 e. The molecule has 1 unspecified atom stereocenters. The van der Waals surface area contributed by atoms with E-state index in [1.54, 1.807) is 0 Å². The van der Waals surface area contributed by atoms with E-state index < -0.39 is 5.60 Å². The van der Waals surface area contributed by atoms with Gasteiger partial charge in [0.15, 0.2) is 0 Å². The zero-order valence-electron chi connectivity index (χ0n) is 20.1. The highest BCUT2D eigenvalue weighted by molar-refractivity contribution is 5.77. The Morgan fingerprint density at radius 3 is 2.71 bits per heavy atom. The quantitative estimate of drug-likeness (QED) is 0.541. The summed E-state index contributed by atoms with van der Waals surface area (Å²) in [6.45, 7) is 7.12. The van der Waals surface area contributed by atoms with Crippen LogP contribution in [0.2, 0.25) is 0 Å². The number of amides is 1. The van der Waals surface area contributed by atoms with Crippen LogP contribution in [0.15, 0.2) is 48.5 Å². The zero-order valence-corrected chi connectivity index (χ0v) is 20.1. The van der Waals surface area contributed by atoms with Crippen LogP contribution in [-0.4, -0.2) is 79.0 Å². The summed E-state index contributed by atoms with van der Waals surface area (Å²) >= 11 is 0. The second-order valence-electron chi connectivity index (χ2n) is 9.43. The van der Waals surface area contributed by atoms with Crippen LogP contribution < -0.4 is 9.47 Å². The fourth-order valence-corrected chi connectivity index (χ4v) is 4.52. The number of carbonyl (C=O) groups excluding carboxylic acids is 1. The van der Waals surface area contributed by atoms with Crippen molar-refractivity contribution in [2.45, 2.75) is 38.3 Å². The topological polar surface area (TPSA) is 71.5 Å². The Morgan fingerprint density at radius 1 is 1.09 bits per heavy atom. The molecule has 0 aromatic heterocycles. The van der Waals surface area contributed by atoms with Gasteiger partial charge in [0.05, 0.1) is 19.8 Å². The number of rotatable bonds is 10. The van der Waals surface area contributed by atoms with E-state index in [0.717, 1.165) is 55.1 Å². The molecule has 0 bridgehead atoms. The number of hydrogen-bond donors (Lipinski definition) is 1. The van der Waals surface area contributed by atoms with Gasteiger partial charge >= 0.3 is 0 Å². The van der Waals surface area contributed by atoms with E-state index in [2.05, 4.69) is 17.0 Å². The molecule has 1 N–H and O–H groups in total. The van der Waals surface area contributed by atoms with Crippen LogP contribution in [0, 0.1) is 6.92 Å². The van der Waals surface area contributed by atoms with Gasteiger partial charge in [-0.2, -0.15) is 0 Å². The molecule has 34 heavy (non-hydrogen) atoms. The SMILES string of the molecule is Cc1cccc(OCC2(O)COCCN(Cc3cccc(OCCCN4CCCC4=O)c3)C2)c1. The first kappa shape index (κ1) is 24.5. The van der Waals surface area contributed by atoms with Gasteiger partial charge in [-0.1, -0.05) is 24.3 Å². The number of benzene rings is 2. The standard InChI is InChI=1S/C27H36N2O5/c1-22-6-2-8-24(16-22)34-21-27(31)19-28(13-15-32-20-27)18-23-7-3-9-25(17-23)33-14-5-12-29-11-4-10-26(29)30/h2-3,6-9,16-17,31H,4-5,10-15,18-21H2,1H3. The lowest BCUT2D eigenvalue weighted by atomic mass is 10.1. The molecule has 4 rings (SSSR count). The third-order valence-corrected chi connectivity index (χ3v) is 6.25. The average Bonchev–Trinajstić information content (AvgIpc) is 3.13. The minimum absolute atomic E-state index is 0.176. The second-order valence-corrected chi connectivity index (χ2v) is 9.43. The maximum atomic E-state index is 11.7. The fraction of sp³-hybridized carbons (Fsp3) is 0.519. The Bertz CT molecular complexity index is 952. The summed E-state index contributed by atoms with van der Waals surface area (Å²) in [7, 11) is 0. The highest BCUT2D eigenvalue weighted by Gasteiger charge is 2.33. The number of nitrogens with zero attached hydrogens (tertiary/aromatic N) is 2. The first-order valence-electron chi connectivity index (χ1n) is 12.2. The first-order valence-corrected chi connectivity index (χ1v) is 12.2. The molecule has 2 aliphatic rings. The fourth-order valence-electron chi connectivity index (χ4n) is 4.52. The van der Waals surface area contributed by atoms with Crippen molar-refractivity contribution in [2.75, 3.05) is 52.6 Å². The van der Waals surface area contributed by atoms with Gasteiger partial charge in [-0.3, -0.25) is 9.69 Å². The molecule has 2 saturated heterocycles. The number of ether oxygens (including phenoxy) is 3. The Labute approximate surface area is 202 Å². The molecule has 0 aliphatic carbocycles. The van der Waals surface area contributed by atoms with Crippen molar-refractivity contribution >= 4 is 5.91 Å². The van der Waals surface area contributed by atoms with Gasteiger partial charge in [0.25, 0.3) is 0 Å². The van der Waals surface area contributed by atoms with Crippen molar-refractivity contribution in [3.8, 4) is 11.5 Å². The van der Waals surface area contributed by atoms with Crippen LogP contribution >= 0.6 is 0 Å². The highest BCUT2D eigenvalue weighted by Crippen LogP contribution is 2.21. The number of aryl methyl sites for hydroxylation is 1. The van der Waals surface area contributed by atoms with Crippen molar-refractivity contribution in [3.63, 3.8) is 0 Å². The molecule has 2 aromatic rings. The summed E-state index contributed by atoms with van der Waals surface area (Å²) in [6, 6.07) is 15.9. The van der Waals surface area contributed by atoms with Gasteiger partial charge in [-0.25, -0.2) is 0 Å².